The van der Waals surface area contributed by atoms with Crippen LogP contribution < -0.4 is 4.90 Å². The first-order valence-electron chi connectivity index (χ1n) is 9.19. The first-order chi connectivity index (χ1) is 13.7. The van der Waals surface area contributed by atoms with Crippen molar-refractivity contribution in [3.8, 4) is 10.6 Å². The monoisotopic (exact) mass is 397 g/mol. The normalized spacial score (nSPS) is 14.3. The molecular formula is C20H20FN5OS. The summed E-state index contributed by atoms with van der Waals surface area (Å²) in [7, 11) is 0. The van der Waals surface area contributed by atoms with Crippen LogP contribution in [0.15, 0.2) is 48.1 Å². The Morgan fingerprint density at radius 2 is 1.79 bits per heavy atom. The Balaban J connectivity index is 1.28. The highest BCUT2D eigenvalue weighted by molar-refractivity contribution is 7.13. The molecule has 28 heavy (non-hydrogen) atoms. The van der Waals surface area contributed by atoms with Crippen molar-refractivity contribution in [3.63, 3.8) is 0 Å². The number of carbonyl (C=O) groups excluding carboxylic acids is 1. The van der Waals surface area contributed by atoms with Gasteiger partial charge in [0, 0.05) is 55.9 Å². The number of amides is 1. The number of benzene rings is 1. The number of thiazole rings is 1. The third-order valence-corrected chi connectivity index (χ3v) is 5.65. The van der Waals surface area contributed by atoms with Crippen molar-refractivity contribution in [2.45, 2.75) is 12.8 Å². The Bertz CT molecular complexity index is 923. The van der Waals surface area contributed by atoms with Crippen molar-refractivity contribution >= 4 is 23.2 Å². The summed E-state index contributed by atoms with van der Waals surface area (Å²) in [5.41, 5.74) is 1.79. The summed E-state index contributed by atoms with van der Waals surface area (Å²) >= 11 is 1.51. The lowest BCUT2D eigenvalue weighted by Gasteiger charge is -2.34. The number of aromatic nitrogens is 3. The molecule has 1 aliphatic heterocycles. The van der Waals surface area contributed by atoms with E-state index in [0.717, 1.165) is 29.4 Å². The molecule has 3 aromatic rings. The van der Waals surface area contributed by atoms with Crippen LogP contribution in [0.4, 0.5) is 10.3 Å². The van der Waals surface area contributed by atoms with Gasteiger partial charge in [0.15, 0.2) is 0 Å². The van der Waals surface area contributed by atoms with E-state index in [2.05, 4.69) is 19.9 Å². The van der Waals surface area contributed by atoms with E-state index in [9.17, 15) is 9.18 Å². The fourth-order valence-electron chi connectivity index (χ4n) is 3.15. The SMILES string of the molecule is O=C(CCc1csc(-c2ccc(F)cc2)n1)N1CCN(c2ncccn2)CC1. The number of halogens is 1. The van der Waals surface area contributed by atoms with Gasteiger partial charge in [-0.25, -0.2) is 19.3 Å². The molecule has 0 unspecified atom stereocenters. The highest BCUT2D eigenvalue weighted by Crippen LogP contribution is 2.24. The molecular weight excluding hydrogens is 377 g/mol. The predicted octanol–water partition coefficient (Wildman–Crippen LogP) is 3.02. The Morgan fingerprint density at radius 3 is 2.50 bits per heavy atom. The van der Waals surface area contributed by atoms with E-state index in [1.54, 1.807) is 30.6 Å². The zero-order valence-electron chi connectivity index (χ0n) is 15.3. The number of carbonyl (C=O) groups is 1. The molecule has 0 spiro atoms. The van der Waals surface area contributed by atoms with Crippen molar-refractivity contribution in [2.75, 3.05) is 31.1 Å². The van der Waals surface area contributed by atoms with Crippen molar-refractivity contribution in [3.05, 3.63) is 59.6 Å². The van der Waals surface area contributed by atoms with E-state index in [0.29, 0.717) is 31.9 Å². The van der Waals surface area contributed by atoms with Gasteiger partial charge < -0.3 is 9.80 Å². The van der Waals surface area contributed by atoms with Gasteiger partial charge in [-0.2, -0.15) is 0 Å². The molecule has 0 saturated carbocycles. The zero-order chi connectivity index (χ0) is 19.3. The minimum Gasteiger partial charge on any atom is -0.339 e. The van der Waals surface area contributed by atoms with Crippen LogP contribution in [0.1, 0.15) is 12.1 Å². The maximum atomic E-state index is 13.0. The maximum absolute atomic E-state index is 13.0. The summed E-state index contributed by atoms with van der Waals surface area (Å²) in [6.45, 7) is 2.83. The van der Waals surface area contributed by atoms with E-state index < -0.39 is 0 Å². The van der Waals surface area contributed by atoms with Crippen molar-refractivity contribution < 1.29 is 9.18 Å². The standard InChI is InChI=1S/C20H20FN5OS/c21-16-4-2-15(3-5-16)19-24-17(14-28-19)6-7-18(27)25-10-12-26(13-11-25)20-22-8-1-9-23-20/h1-5,8-9,14H,6-7,10-13H2. The van der Waals surface area contributed by atoms with Gasteiger partial charge >= 0.3 is 0 Å². The molecule has 144 valence electrons. The summed E-state index contributed by atoms with van der Waals surface area (Å²) in [6, 6.07) is 8.10. The summed E-state index contributed by atoms with van der Waals surface area (Å²) in [4.78, 5) is 29.6. The number of nitrogens with zero attached hydrogens (tertiary/aromatic N) is 5. The molecule has 8 heteroatoms. The van der Waals surface area contributed by atoms with Crippen LogP contribution >= 0.6 is 11.3 Å². The second-order valence-electron chi connectivity index (χ2n) is 6.57. The summed E-state index contributed by atoms with van der Waals surface area (Å²) < 4.78 is 13.0. The van der Waals surface area contributed by atoms with E-state index >= 15 is 0 Å². The largest absolute Gasteiger partial charge is 0.339 e. The van der Waals surface area contributed by atoms with Crippen LogP contribution in [-0.4, -0.2) is 51.9 Å². The first kappa shape index (κ1) is 18.5. The number of anilines is 1. The zero-order valence-corrected chi connectivity index (χ0v) is 16.1. The van der Waals surface area contributed by atoms with Gasteiger partial charge in [-0.1, -0.05) is 0 Å². The van der Waals surface area contributed by atoms with Crippen LogP contribution in [-0.2, 0) is 11.2 Å². The van der Waals surface area contributed by atoms with E-state index in [4.69, 9.17) is 0 Å². The fourth-order valence-corrected chi connectivity index (χ4v) is 4.01. The summed E-state index contributed by atoms with van der Waals surface area (Å²) in [6.07, 6.45) is 4.51. The molecule has 0 radical (unpaired) electrons. The minimum atomic E-state index is -0.259. The molecule has 4 rings (SSSR count). The van der Waals surface area contributed by atoms with Gasteiger partial charge in [0.1, 0.15) is 10.8 Å². The third-order valence-electron chi connectivity index (χ3n) is 4.71. The van der Waals surface area contributed by atoms with Crippen LogP contribution in [0, 0.1) is 5.82 Å². The van der Waals surface area contributed by atoms with Gasteiger partial charge in [-0.15, -0.1) is 11.3 Å². The first-order valence-corrected chi connectivity index (χ1v) is 10.1. The van der Waals surface area contributed by atoms with E-state index in [-0.39, 0.29) is 11.7 Å². The average molecular weight is 397 g/mol. The molecule has 3 heterocycles. The highest BCUT2D eigenvalue weighted by Gasteiger charge is 2.22. The molecule has 1 fully saturated rings. The molecule has 1 aromatic carbocycles. The van der Waals surface area contributed by atoms with Gasteiger partial charge in [0.05, 0.1) is 5.69 Å². The molecule has 0 bridgehead atoms. The lowest BCUT2D eigenvalue weighted by Crippen LogP contribution is -2.49. The van der Waals surface area contributed by atoms with E-state index in [1.165, 1.54) is 23.5 Å². The number of rotatable bonds is 5. The van der Waals surface area contributed by atoms with Crippen molar-refractivity contribution in [1.82, 2.24) is 19.9 Å². The van der Waals surface area contributed by atoms with Gasteiger partial charge in [-0.05, 0) is 36.8 Å². The lowest BCUT2D eigenvalue weighted by atomic mass is 10.2. The van der Waals surface area contributed by atoms with Crippen molar-refractivity contribution in [1.29, 1.82) is 0 Å². The van der Waals surface area contributed by atoms with Crippen LogP contribution in [0.3, 0.4) is 0 Å². The average Bonchev–Trinajstić information content (AvgIpc) is 3.22. The van der Waals surface area contributed by atoms with E-state index in [1.807, 2.05) is 10.3 Å². The van der Waals surface area contributed by atoms with Gasteiger partial charge in [0.2, 0.25) is 11.9 Å². The molecule has 0 atom stereocenters. The number of hydrogen-bond donors (Lipinski definition) is 0. The molecule has 0 aliphatic carbocycles. The maximum Gasteiger partial charge on any atom is 0.225 e. The highest BCUT2D eigenvalue weighted by atomic mass is 32.1. The topological polar surface area (TPSA) is 62.2 Å². The summed E-state index contributed by atoms with van der Waals surface area (Å²) in [5, 5.41) is 2.82. The molecule has 6 nitrogen and oxygen atoms in total. The lowest BCUT2D eigenvalue weighted by molar-refractivity contribution is -0.131. The Labute approximate surface area is 166 Å². The number of piperazine rings is 1. The van der Waals surface area contributed by atoms with Crippen molar-refractivity contribution in [2.24, 2.45) is 0 Å². The van der Waals surface area contributed by atoms with Gasteiger partial charge in [-0.3, -0.25) is 4.79 Å². The van der Waals surface area contributed by atoms with Gasteiger partial charge in [0.25, 0.3) is 0 Å². The second-order valence-corrected chi connectivity index (χ2v) is 7.43. The molecule has 1 amide bonds. The summed E-state index contributed by atoms with van der Waals surface area (Å²) in [5.74, 6) is 0.598. The Kier molecular flexibility index (Phi) is 5.57. The number of aryl methyl sites for hydroxylation is 1. The quantitative estimate of drug-likeness (QED) is 0.662. The Morgan fingerprint density at radius 1 is 1.07 bits per heavy atom. The smallest absolute Gasteiger partial charge is 0.225 e. The van der Waals surface area contributed by atoms with Crippen LogP contribution in [0.5, 0.6) is 0 Å². The van der Waals surface area contributed by atoms with Crippen LogP contribution in [0.2, 0.25) is 0 Å². The minimum absolute atomic E-state index is 0.143. The molecule has 1 aliphatic rings. The van der Waals surface area contributed by atoms with Crippen LogP contribution in [0.25, 0.3) is 10.6 Å². The number of hydrogen-bond acceptors (Lipinski definition) is 6. The molecule has 0 N–H and O–H groups in total. The fraction of sp³-hybridized carbons (Fsp3) is 0.300. The molecule has 2 aromatic heterocycles. The predicted molar refractivity (Wildman–Crippen MR) is 107 cm³/mol. The third kappa shape index (κ3) is 4.33. The Hall–Kier alpha value is -2.87. The molecule has 1 saturated heterocycles. The second kappa shape index (κ2) is 8.43.